The van der Waals surface area contributed by atoms with Gasteiger partial charge in [-0.15, -0.1) is 0 Å². The average molecular weight is 472 g/mol. The van der Waals surface area contributed by atoms with Crippen LogP contribution in [0.2, 0.25) is 0 Å². The molecular formula is C26H37N3O5. The molecule has 0 spiro atoms. The van der Waals surface area contributed by atoms with Gasteiger partial charge in [0.15, 0.2) is 0 Å². The monoisotopic (exact) mass is 471 g/mol. The van der Waals surface area contributed by atoms with Crippen LogP contribution in [0.4, 0.5) is 10.5 Å². The lowest BCUT2D eigenvalue weighted by Gasteiger charge is -2.37. The molecule has 0 bridgehead atoms. The minimum atomic E-state index is -0.485. The van der Waals surface area contributed by atoms with E-state index in [1.165, 1.54) is 19.3 Å². The van der Waals surface area contributed by atoms with Gasteiger partial charge in [-0.1, -0.05) is 32.1 Å². The zero-order valence-corrected chi connectivity index (χ0v) is 19.8. The number of carbonyl (C=O) groups is 2. The molecular weight excluding hydrogens is 434 g/mol. The Morgan fingerprint density at radius 3 is 2.41 bits per heavy atom. The number of aliphatic hydroxyl groups is 1. The number of hydrogen-bond acceptors (Lipinski definition) is 5. The Hall–Kier alpha value is -2.32. The van der Waals surface area contributed by atoms with Gasteiger partial charge in [-0.2, -0.15) is 0 Å². The van der Waals surface area contributed by atoms with Crippen LogP contribution >= 0.6 is 0 Å². The van der Waals surface area contributed by atoms with Crippen LogP contribution < -0.4 is 20.7 Å². The first-order chi connectivity index (χ1) is 16.6. The molecule has 8 nitrogen and oxygen atoms in total. The van der Waals surface area contributed by atoms with Crippen molar-refractivity contribution in [2.24, 2.45) is 0 Å². The molecule has 4 N–H and O–H groups in total. The van der Waals surface area contributed by atoms with Gasteiger partial charge in [0.1, 0.15) is 18.0 Å². The molecule has 4 aliphatic rings. The second kappa shape index (κ2) is 10.5. The van der Waals surface area contributed by atoms with Gasteiger partial charge in [0, 0.05) is 29.3 Å². The highest BCUT2D eigenvalue weighted by atomic mass is 16.6. The van der Waals surface area contributed by atoms with Crippen molar-refractivity contribution in [3.05, 3.63) is 23.8 Å². The SMILES string of the molecule is O=C(C[C@@H]1C[C@@H]2c3cc(NC(=O)NC4CCCCC4)ccc3O[C@@H]2[C@@H](CO)O1)NC1CCCC1. The molecule has 1 aromatic rings. The second-order valence-corrected chi connectivity index (χ2v) is 10.3. The van der Waals surface area contributed by atoms with Gasteiger partial charge in [0.05, 0.1) is 19.1 Å². The molecule has 8 heteroatoms. The maximum absolute atomic E-state index is 12.6. The summed E-state index contributed by atoms with van der Waals surface area (Å²) in [4.78, 5) is 25.1. The van der Waals surface area contributed by atoms with E-state index in [1.54, 1.807) is 0 Å². The average Bonchev–Trinajstić information content (AvgIpc) is 3.46. The van der Waals surface area contributed by atoms with Gasteiger partial charge in [-0.05, 0) is 50.3 Å². The van der Waals surface area contributed by atoms with Crippen molar-refractivity contribution < 1.29 is 24.2 Å². The van der Waals surface area contributed by atoms with Crippen molar-refractivity contribution in [2.75, 3.05) is 11.9 Å². The Labute approximate surface area is 201 Å². The van der Waals surface area contributed by atoms with Crippen LogP contribution in [0.3, 0.4) is 0 Å². The molecule has 5 rings (SSSR count). The van der Waals surface area contributed by atoms with E-state index in [9.17, 15) is 14.7 Å². The standard InChI is InChI=1S/C26H37N3O5/c30-15-23-25-21(13-19(33-23)14-24(31)27-16-8-4-5-9-16)20-12-18(10-11-22(20)34-25)29-26(32)28-17-6-2-1-3-7-17/h10-12,16-17,19,21,23,25,30H,1-9,13-15H2,(H,27,31)(H2,28,29,32)/t19-,21+,23+,25-/m0/s1. The summed E-state index contributed by atoms with van der Waals surface area (Å²) in [5, 5.41) is 19.2. The lowest BCUT2D eigenvalue weighted by molar-refractivity contribution is -0.142. The third kappa shape index (κ3) is 5.33. The molecule has 2 aliphatic heterocycles. The minimum Gasteiger partial charge on any atom is -0.487 e. The van der Waals surface area contributed by atoms with Gasteiger partial charge >= 0.3 is 6.03 Å². The summed E-state index contributed by atoms with van der Waals surface area (Å²) in [7, 11) is 0. The highest BCUT2D eigenvalue weighted by Gasteiger charge is 2.46. The third-order valence-corrected chi connectivity index (χ3v) is 7.83. The summed E-state index contributed by atoms with van der Waals surface area (Å²) < 4.78 is 12.2. The highest BCUT2D eigenvalue weighted by molar-refractivity contribution is 5.89. The van der Waals surface area contributed by atoms with Crippen LogP contribution in [-0.2, 0) is 9.53 Å². The van der Waals surface area contributed by atoms with Crippen LogP contribution in [0.25, 0.3) is 0 Å². The fourth-order valence-corrected chi connectivity index (χ4v) is 6.13. The van der Waals surface area contributed by atoms with Gasteiger partial charge < -0.3 is 30.5 Å². The fourth-order valence-electron chi connectivity index (χ4n) is 6.13. The molecule has 186 valence electrons. The fraction of sp³-hybridized carbons (Fsp3) is 0.692. The molecule has 1 saturated heterocycles. The van der Waals surface area contributed by atoms with E-state index in [1.807, 2.05) is 18.2 Å². The van der Waals surface area contributed by atoms with Gasteiger partial charge in [0.2, 0.25) is 5.91 Å². The number of amides is 3. The highest BCUT2D eigenvalue weighted by Crippen LogP contribution is 2.47. The van der Waals surface area contributed by atoms with Crippen LogP contribution in [0, 0.1) is 0 Å². The molecule has 34 heavy (non-hydrogen) atoms. The molecule has 2 aliphatic carbocycles. The molecule has 2 heterocycles. The van der Waals surface area contributed by atoms with Crippen molar-refractivity contribution in [3.8, 4) is 5.75 Å². The first-order valence-electron chi connectivity index (χ1n) is 13.0. The number of fused-ring (bicyclic) bond motifs is 3. The Morgan fingerprint density at radius 1 is 0.971 bits per heavy atom. The summed E-state index contributed by atoms with van der Waals surface area (Å²) >= 11 is 0. The van der Waals surface area contributed by atoms with E-state index >= 15 is 0 Å². The van der Waals surface area contributed by atoms with Crippen molar-refractivity contribution in [2.45, 2.75) is 107 Å². The number of rotatable bonds is 6. The molecule has 2 saturated carbocycles. The molecule has 0 unspecified atom stereocenters. The van der Waals surface area contributed by atoms with Gasteiger partial charge in [-0.25, -0.2) is 4.79 Å². The van der Waals surface area contributed by atoms with E-state index in [0.717, 1.165) is 55.5 Å². The molecule has 0 radical (unpaired) electrons. The Bertz CT molecular complexity index is 881. The Balaban J connectivity index is 1.23. The van der Waals surface area contributed by atoms with Gasteiger partial charge in [-0.3, -0.25) is 4.79 Å². The van der Waals surface area contributed by atoms with E-state index in [4.69, 9.17) is 9.47 Å². The van der Waals surface area contributed by atoms with Crippen molar-refractivity contribution >= 4 is 17.6 Å². The number of urea groups is 1. The van der Waals surface area contributed by atoms with Crippen LogP contribution in [0.15, 0.2) is 18.2 Å². The lowest BCUT2D eigenvalue weighted by atomic mass is 9.84. The second-order valence-electron chi connectivity index (χ2n) is 10.3. The zero-order chi connectivity index (χ0) is 23.5. The van der Waals surface area contributed by atoms with Crippen LogP contribution in [0.5, 0.6) is 5.75 Å². The third-order valence-electron chi connectivity index (χ3n) is 7.83. The molecule has 3 amide bonds. The first kappa shape index (κ1) is 23.4. The van der Waals surface area contributed by atoms with E-state index in [-0.39, 0.29) is 55.2 Å². The van der Waals surface area contributed by atoms with Crippen molar-refractivity contribution in [3.63, 3.8) is 0 Å². The van der Waals surface area contributed by atoms with E-state index < -0.39 is 6.10 Å². The number of carbonyl (C=O) groups excluding carboxylic acids is 2. The van der Waals surface area contributed by atoms with Gasteiger partial charge in [0.25, 0.3) is 0 Å². The zero-order valence-electron chi connectivity index (χ0n) is 19.8. The minimum absolute atomic E-state index is 0.00772. The number of hydrogen-bond donors (Lipinski definition) is 4. The van der Waals surface area contributed by atoms with E-state index in [0.29, 0.717) is 6.42 Å². The first-order valence-corrected chi connectivity index (χ1v) is 13.0. The Kier molecular flexibility index (Phi) is 7.25. The van der Waals surface area contributed by atoms with Crippen molar-refractivity contribution in [1.82, 2.24) is 10.6 Å². The lowest BCUT2D eigenvalue weighted by Crippen LogP contribution is -2.47. The number of benzene rings is 1. The Morgan fingerprint density at radius 2 is 1.68 bits per heavy atom. The maximum atomic E-state index is 12.6. The predicted octanol–water partition coefficient (Wildman–Crippen LogP) is 3.58. The summed E-state index contributed by atoms with van der Waals surface area (Å²) in [6.07, 6.45) is 9.96. The number of nitrogens with one attached hydrogen (secondary N) is 3. The number of ether oxygens (including phenoxy) is 2. The summed E-state index contributed by atoms with van der Waals surface area (Å²) in [6.45, 7) is -0.162. The number of anilines is 1. The topological polar surface area (TPSA) is 109 Å². The quantitative estimate of drug-likeness (QED) is 0.507. The largest absolute Gasteiger partial charge is 0.487 e. The molecule has 4 atom stereocenters. The number of aliphatic hydroxyl groups excluding tert-OH is 1. The smallest absolute Gasteiger partial charge is 0.319 e. The van der Waals surface area contributed by atoms with Crippen LogP contribution in [-0.4, -0.2) is 54.0 Å². The molecule has 3 fully saturated rings. The van der Waals surface area contributed by atoms with Crippen LogP contribution in [0.1, 0.15) is 82.1 Å². The predicted molar refractivity (Wildman–Crippen MR) is 128 cm³/mol. The normalized spacial score (nSPS) is 29.1. The maximum Gasteiger partial charge on any atom is 0.319 e. The summed E-state index contributed by atoms with van der Waals surface area (Å²) in [6, 6.07) is 6.03. The molecule has 1 aromatic carbocycles. The van der Waals surface area contributed by atoms with Crippen molar-refractivity contribution in [1.29, 1.82) is 0 Å². The molecule has 0 aromatic heterocycles. The van der Waals surface area contributed by atoms with E-state index in [2.05, 4.69) is 16.0 Å². The summed E-state index contributed by atoms with van der Waals surface area (Å²) in [5.74, 6) is 0.778. The summed E-state index contributed by atoms with van der Waals surface area (Å²) in [5.41, 5.74) is 1.72.